The number of para-hydroxylation sites is 1. The van der Waals surface area contributed by atoms with Gasteiger partial charge in [-0.15, -0.1) is 12.4 Å². The van der Waals surface area contributed by atoms with Crippen molar-refractivity contribution >= 4 is 29.8 Å². The van der Waals surface area contributed by atoms with E-state index >= 15 is 0 Å². The number of anilines is 1. The first-order chi connectivity index (χ1) is 11.2. The largest absolute Gasteiger partial charge is 0.336 e. The second-order valence-corrected chi connectivity index (χ2v) is 6.02. The van der Waals surface area contributed by atoms with Gasteiger partial charge in [0.15, 0.2) is 5.54 Å². The summed E-state index contributed by atoms with van der Waals surface area (Å²) in [5, 5.41) is 3.22. The van der Waals surface area contributed by atoms with E-state index in [0.717, 1.165) is 42.2 Å². The van der Waals surface area contributed by atoms with Gasteiger partial charge in [-0.25, -0.2) is 0 Å². The molecular weight excluding hydrogens is 322 g/mol. The molecule has 24 heavy (non-hydrogen) atoms. The normalized spacial score (nSPS) is 21.2. The van der Waals surface area contributed by atoms with Gasteiger partial charge in [0.2, 0.25) is 5.91 Å². The van der Waals surface area contributed by atoms with E-state index in [1.807, 2.05) is 30.3 Å². The van der Waals surface area contributed by atoms with Crippen LogP contribution in [0.25, 0.3) is 0 Å². The van der Waals surface area contributed by atoms with Gasteiger partial charge in [0, 0.05) is 31.3 Å². The number of carbonyl (C=O) groups excluding carboxylic acids is 1. The van der Waals surface area contributed by atoms with Crippen LogP contribution in [0, 0.1) is 0 Å². The Balaban J connectivity index is 0.00000169. The lowest BCUT2D eigenvalue weighted by Gasteiger charge is -2.35. The van der Waals surface area contributed by atoms with Crippen molar-refractivity contribution in [2.75, 3.05) is 18.0 Å². The quantitative estimate of drug-likeness (QED) is 0.912. The molecule has 2 aliphatic heterocycles. The van der Waals surface area contributed by atoms with Crippen LogP contribution < -0.4 is 10.2 Å². The number of amides is 1. The zero-order valence-electron chi connectivity index (χ0n) is 13.5. The Morgan fingerprint density at radius 3 is 2.58 bits per heavy atom. The van der Waals surface area contributed by atoms with E-state index < -0.39 is 5.54 Å². The smallest absolute Gasteiger partial charge is 0.218 e. The highest BCUT2D eigenvalue weighted by atomic mass is 35.5. The summed E-state index contributed by atoms with van der Waals surface area (Å²) in [6.45, 7) is 3.30. The molecule has 2 heterocycles. The predicted octanol–water partition coefficient (Wildman–Crippen LogP) is 3.11. The molecule has 0 bridgehead atoms. The van der Waals surface area contributed by atoms with Crippen LogP contribution in [-0.2, 0) is 10.3 Å². The number of hydrogen-bond acceptors (Lipinski definition) is 3. The number of fused-ring (bicyclic) bond motifs is 3. The summed E-state index contributed by atoms with van der Waals surface area (Å²) in [6, 6.07) is 18.4. The summed E-state index contributed by atoms with van der Waals surface area (Å²) >= 11 is 0. The van der Waals surface area contributed by atoms with Crippen LogP contribution in [0.2, 0.25) is 0 Å². The van der Waals surface area contributed by atoms with Crippen LogP contribution in [0.1, 0.15) is 24.5 Å². The first-order valence-electron chi connectivity index (χ1n) is 8.00. The van der Waals surface area contributed by atoms with Crippen molar-refractivity contribution in [1.29, 1.82) is 0 Å². The average Bonchev–Trinajstić information content (AvgIpc) is 2.87. The van der Waals surface area contributed by atoms with Crippen molar-refractivity contribution < 1.29 is 4.79 Å². The fourth-order valence-electron chi connectivity index (χ4n) is 3.74. The molecule has 2 aliphatic rings. The maximum Gasteiger partial charge on any atom is 0.218 e. The molecule has 0 aromatic heterocycles. The van der Waals surface area contributed by atoms with E-state index in [1.165, 1.54) is 0 Å². The number of halogens is 1. The molecule has 0 fully saturated rings. The van der Waals surface area contributed by atoms with Gasteiger partial charge in [0.25, 0.3) is 0 Å². The number of aliphatic imine (C=N–C) groups is 1. The van der Waals surface area contributed by atoms with Gasteiger partial charge in [0.1, 0.15) is 5.84 Å². The van der Waals surface area contributed by atoms with Crippen LogP contribution in [0.4, 0.5) is 5.69 Å². The maximum absolute atomic E-state index is 12.1. The molecule has 124 valence electrons. The standard InChI is InChI=1S/C19H19N3O.ClH/c1-14(23)21-19(15-8-3-2-4-9-15)16-10-5-6-11-17(16)22-13-7-12-20-18(19)22;/h2-6,8-11H,7,12-13H2,1H3,(H,21,23);1H. The Hall–Kier alpha value is -2.33. The molecule has 2 aromatic carbocycles. The molecule has 0 aliphatic carbocycles. The van der Waals surface area contributed by atoms with Gasteiger partial charge in [-0.2, -0.15) is 0 Å². The second-order valence-electron chi connectivity index (χ2n) is 6.02. The first-order valence-corrected chi connectivity index (χ1v) is 8.00. The van der Waals surface area contributed by atoms with E-state index in [4.69, 9.17) is 4.99 Å². The average molecular weight is 342 g/mol. The zero-order valence-corrected chi connectivity index (χ0v) is 14.3. The van der Waals surface area contributed by atoms with Gasteiger partial charge in [-0.3, -0.25) is 9.79 Å². The van der Waals surface area contributed by atoms with Gasteiger partial charge in [0.05, 0.1) is 0 Å². The Kier molecular flexibility index (Phi) is 4.33. The molecule has 5 heteroatoms. The third-order valence-corrected chi connectivity index (χ3v) is 4.56. The van der Waals surface area contributed by atoms with Gasteiger partial charge >= 0.3 is 0 Å². The molecule has 1 amide bonds. The summed E-state index contributed by atoms with van der Waals surface area (Å²) in [5.74, 6) is 0.880. The van der Waals surface area contributed by atoms with Crippen molar-refractivity contribution in [3.05, 3.63) is 65.7 Å². The molecular formula is C19H20ClN3O. The number of nitrogens with zero attached hydrogens (tertiary/aromatic N) is 2. The van der Waals surface area contributed by atoms with Crippen LogP contribution in [0.3, 0.4) is 0 Å². The van der Waals surface area contributed by atoms with Crippen LogP contribution >= 0.6 is 12.4 Å². The first kappa shape index (κ1) is 16.5. The highest BCUT2D eigenvalue weighted by Gasteiger charge is 2.51. The number of rotatable bonds is 2. The van der Waals surface area contributed by atoms with E-state index in [2.05, 4.69) is 34.5 Å². The van der Waals surface area contributed by atoms with Gasteiger partial charge in [-0.1, -0.05) is 48.5 Å². The fourth-order valence-corrected chi connectivity index (χ4v) is 3.74. The topological polar surface area (TPSA) is 44.7 Å². The molecule has 0 radical (unpaired) electrons. The lowest BCUT2D eigenvalue weighted by Crippen LogP contribution is -2.54. The van der Waals surface area contributed by atoms with Gasteiger partial charge in [-0.05, 0) is 18.1 Å². The maximum atomic E-state index is 12.1. The minimum atomic E-state index is -0.690. The SMILES string of the molecule is CC(=O)NC1(c2ccccc2)C2=NCCCN2c2ccccc21.Cl. The molecule has 0 spiro atoms. The Morgan fingerprint density at radius 2 is 1.83 bits per heavy atom. The number of amidine groups is 1. The summed E-state index contributed by atoms with van der Waals surface area (Å²) in [6.07, 6.45) is 1.03. The van der Waals surface area contributed by atoms with E-state index in [-0.39, 0.29) is 18.3 Å². The summed E-state index contributed by atoms with van der Waals surface area (Å²) < 4.78 is 0. The summed E-state index contributed by atoms with van der Waals surface area (Å²) in [5.41, 5.74) is 2.60. The van der Waals surface area contributed by atoms with Crippen LogP contribution in [0.15, 0.2) is 59.6 Å². The van der Waals surface area contributed by atoms with Crippen molar-refractivity contribution in [1.82, 2.24) is 5.32 Å². The fraction of sp³-hybridized carbons (Fsp3) is 0.263. The van der Waals surface area contributed by atoms with E-state index in [1.54, 1.807) is 6.92 Å². The Morgan fingerprint density at radius 1 is 1.12 bits per heavy atom. The monoisotopic (exact) mass is 341 g/mol. The molecule has 2 aromatic rings. The molecule has 0 saturated heterocycles. The number of carbonyl (C=O) groups is 1. The number of benzene rings is 2. The zero-order chi connectivity index (χ0) is 15.9. The number of nitrogens with one attached hydrogen (secondary N) is 1. The Labute approximate surface area is 148 Å². The van der Waals surface area contributed by atoms with Crippen molar-refractivity contribution in [3.63, 3.8) is 0 Å². The minimum Gasteiger partial charge on any atom is -0.336 e. The molecule has 1 unspecified atom stereocenters. The molecule has 0 saturated carbocycles. The molecule has 4 nitrogen and oxygen atoms in total. The molecule has 4 rings (SSSR count). The highest BCUT2D eigenvalue weighted by Crippen LogP contribution is 2.45. The van der Waals surface area contributed by atoms with Crippen molar-refractivity contribution in [3.8, 4) is 0 Å². The second kappa shape index (κ2) is 6.29. The lowest BCUT2D eigenvalue weighted by atomic mass is 9.83. The van der Waals surface area contributed by atoms with Gasteiger partial charge < -0.3 is 10.2 Å². The third kappa shape index (κ3) is 2.29. The molecule has 1 atom stereocenters. The van der Waals surface area contributed by atoms with Crippen LogP contribution in [-0.4, -0.2) is 24.8 Å². The number of hydrogen-bond donors (Lipinski definition) is 1. The minimum absolute atomic E-state index is 0. The lowest BCUT2D eigenvalue weighted by molar-refractivity contribution is -0.119. The molecule has 1 N–H and O–H groups in total. The van der Waals surface area contributed by atoms with Crippen molar-refractivity contribution in [2.45, 2.75) is 18.9 Å². The summed E-state index contributed by atoms with van der Waals surface area (Å²) in [7, 11) is 0. The van der Waals surface area contributed by atoms with E-state index in [9.17, 15) is 4.79 Å². The summed E-state index contributed by atoms with van der Waals surface area (Å²) in [4.78, 5) is 19.1. The van der Waals surface area contributed by atoms with Crippen molar-refractivity contribution in [2.24, 2.45) is 4.99 Å². The Bertz CT molecular complexity index is 790. The third-order valence-electron chi connectivity index (χ3n) is 4.56. The van der Waals surface area contributed by atoms with E-state index in [0.29, 0.717) is 0 Å². The highest BCUT2D eigenvalue weighted by molar-refractivity contribution is 6.15. The van der Waals surface area contributed by atoms with Crippen LogP contribution in [0.5, 0.6) is 0 Å². The predicted molar refractivity (Wildman–Crippen MR) is 99.0 cm³/mol.